The molecule has 3 rings (SSSR count). The van der Waals surface area contributed by atoms with Gasteiger partial charge in [0, 0.05) is 38.2 Å². The number of piperazine rings is 1. The quantitative estimate of drug-likeness (QED) is 0.611. The van der Waals surface area contributed by atoms with Crippen LogP contribution in [0.1, 0.15) is 17.3 Å². The standard InChI is InChI=1S/C17H21ClN6O3/c1-11-14(24(26)27)17(21(2)20-11)23-9-7-22(8-10-23)15(16(19)25)12-3-5-13(18)6-4-12/h3-6,15H,7-10H2,1-2H3,(H2,19,25). The van der Waals surface area contributed by atoms with E-state index < -0.39 is 16.9 Å². The van der Waals surface area contributed by atoms with Crippen molar-refractivity contribution in [2.45, 2.75) is 13.0 Å². The molecule has 1 fully saturated rings. The summed E-state index contributed by atoms with van der Waals surface area (Å²) in [6.45, 7) is 3.76. The summed E-state index contributed by atoms with van der Waals surface area (Å²) in [7, 11) is 1.70. The first-order valence-corrected chi connectivity index (χ1v) is 8.89. The van der Waals surface area contributed by atoms with E-state index in [1.54, 1.807) is 38.2 Å². The Labute approximate surface area is 161 Å². The molecule has 1 saturated heterocycles. The fraction of sp³-hybridized carbons (Fsp3) is 0.412. The van der Waals surface area contributed by atoms with E-state index in [2.05, 4.69) is 5.10 Å². The highest BCUT2D eigenvalue weighted by atomic mass is 35.5. The van der Waals surface area contributed by atoms with Gasteiger partial charge in [-0.25, -0.2) is 4.68 Å². The molecule has 1 amide bonds. The van der Waals surface area contributed by atoms with Gasteiger partial charge < -0.3 is 10.6 Å². The number of nitro groups is 1. The summed E-state index contributed by atoms with van der Waals surface area (Å²) in [6, 6.07) is 6.47. The first kappa shape index (κ1) is 19.1. The van der Waals surface area contributed by atoms with Gasteiger partial charge >= 0.3 is 5.69 Å². The van der Waals surface area contributed by atoms with Crippen molar-refractivity contribution in [1.82, 2.24) is 14.7 Å². The largest absolute Gasteiger partial charge is 0.368 e. The second-order valence-corrected chi connectivity index (χ2v) is 6.95. The summed E-state index contributed by atoms with van der Waals surface area (Å²) in [6.07, 6.45) is 0. The maximum absolute atomic E-state index is 12.1. The van der Waals surface area contributed by atoms with Crippen LogP contribution in [0.3, 0.4) is 0 Å². The monoisotopic (exact) mass is 392 g/mol. The van der Waals surface area contributed by atoms with Crippen LogP contribution in [0.2, 0.25) is 5.02 Å². The van der Waals surface area contributed by atoms with Gasteiger partial charge in [0.05, 0.1) is 4.92 Å². The number of rotatable bonds is 5. The lowest BCUT2D eigenvalue weighted by molar-refractivity contribution is -0.384. The van der Waals surface area contributed by atoms with E-state index in [1.807, 2.05) is 9.80 Å². The Bertz CT molecular complexity index is 858. The smallest absolute Gasteiger partial charge is 0.333 e. The van der Waals surface area contributed by atoms with Gasteiger partial charge in [-0.05, 0) is 24.6 Å². The van der Waals surface area contributed by atoms with E-state index in [0.29, 0.717) is 42.7 Å². The minimum atomic E-state index is -0.562. The Hall–Kier alpha value is -2.65. The summed E-state index contributed by atoms with van der Waals surface area (Å²) in [5.74, 6) is 0.0485. The van der Waals surface area contributed by atoms with Gasteiger partial charge in [-0.15, -0.1) is 0 Å². The number of nitrogens with zero attached hydrogens (tertiary/aromatic N) is 5. The fourth-order valence-corrected chi connectivity index (χ4v) is 3.72. The predicted molar refractivity (Wildman–Crippen MR) is 102 cm³/mol. The molecular formula is C17H21ClN6O3. The summed E-state index contributed by atoms with van der Waals surface area (Å²) >= 11 is 5.93. The zero-order chi connectivity index (χ0) is 19.7. The van der Waals surface area contributed by atoms with Gasteiger partial charge in [0.15, 0.2) is 0 Å². The second-order valence-electron chi connectivity index (χ2n) is 6.52. The summed E-state index contributed by atoms with van der Waals surface area (Å²) in [5.41, 5.74) is 6.83. The third-order valence-corrected chi connectivity index (χ3v) is 5.03. The first-order chi connectivity index (χ1) is 12.8. The number of aryl methyl sites for hydroxylation is 2. The van der Waals surface area contributed by atoms with Crippen LogP contribution in [0.5, 0.6) is 0 Å². The van der Waals surface area contributed by atoms with Crippen LogP contribution in [0.25, 0.3) is 0 Å². The number of halogens is 1. The highest BCUT2D eigenvalue weighted by Crippen LogP contribution is 2.32. The minimum absolute atomic E-state index is 0.0232. The van der Waals surface area contributed by atoms with E-state index >= 15 is 0 Å². The van der Waals surface area contributed by atoms with Gasteiger partial charge in [-0.2, -0.15) is 5.10 Å². The molecule has 2 aromatic rings. The van der Waals surface area contributed by atoms with Crippen molar-refractivity contribution in [3.05, 3.63) is 50.7 Å². The minimum Gasteiger partial charge on any atom is -0.368 e. The molecule has 9 nitrogen and oxygen atoms in total. The van der Waals surface area contributed by atoms with E-state index in [-0.39, 0.29) is 5.69 Å². The van der Waals surface area contributed by atoms with Crippen LogP contribution in [0.15, 0.2) is 24.3 Å². The molecular weight excluding hydrogens is 372 g/mol. The third-order valence-electron chi connectivity index (χ3n) is 4.78. The van der Waals surface area contributed by atoms with E-state index in [1.165, 1.54) is 4.68 Å². The number of aromatic nitrogens is 2. The molecule has 0 saturated carbocycles. The van der Waals surface area contributed by atoms with Gasteiger partial charge in [-0.1, -0.05) is 23.7 Å². The first-order valence-electron chi connectivity index (χ1n) is 8.51. The van der Waals surface area contributed by atoms with Gasteiger partial charge in [0.2, 0.25) is 11.7 Å². The number of carbonyl (C=O) groups is 1. The van der Waals surface area contributed by atoms with Gasteiger partial charge in [-0.3, -0.25) is 19.8 Å². The Morgan fingerprint density at radius 3 is 2.37 bits per heavy atom. The van der Waals surface area contributed by atoms with E-state index in [9.17, 15) is 14.9 Å². The van der Waals surface area contributed by atoms with Crippen LogP contribution in [0.4, 0.5) is 11.5 Å². The summed E-state index contributed by atoms with van der Waals surface area (Å²) < 4.78 is 1.54. The number of anilines is 1. The highest BCUT2D eigenvalue weighted by Gasteiger charge is 2.33. The molecule has 2 heterocycles. The lowest BCUT2D eigenvalue weighted by atomic mass is 10.0. The van der Waals surface area contributed by atoms with Crippen molar-refractivity contribution in [2.24, 2.45) is 12.8 Å². The van der Waals surface area contributed by atoms with Crippen LogP contribution >= 0.6 is 11.6 Å². The maximum atomic E-state index is 12.1. The molecule has 0 aliphatic carbocycles. The van der Waals surface area contributed by atoms with Crippen LogP contribution in [-0.2, 0) is 11.8 Å². The van der Waals surface area contributed by atoms with Crippen molar-refractivity contribution in [1.29, 1.82) is 0 Å². The number of amides is 1. The third kappa shape index (κ3) is 3.74. The van der Waals surface area contributed by atoms with Crippen molar-refractivity contribution in [3.63, 3.8) is 0 Å². The molecule has 1 atom stereocenters. The Morgan fingerprint density at radius 2 is 1.85 bits per heavy atom. The van der Waals surface area contributed by atoms with Gasteiger partial charge in [0.1, 0.15) is 11.7 Å². The highest BCUT2D eigenvalue weighted by molar-refractivity contribution is 6.30. The SMILES string of the molecule is Cc1nn(C)c(N2CCN(C(C(N)=O)c3ccc(Cl)cc3)CC2)c1[N+](=O)[O-]. The molecule has 144 valence electrons. The molecule has 0 spiro atoms. The summed E-state index contributed by atoms with van der Waals surface area (Å²) in [5, 5.41) is 16.2. The number of nitrogens with two attached hydrogens (primary N) is 1. The molecule has 1 aliphatic rings. The normalized spacial score (nSPS) is 16.3. The maximum Gasteiger partial charge on any atom is 0.333 e. The number of carbonyl (C=O) groups excluding carboxylic acids is 1. The van der Waals surface area contributed by atoms with Crippen LogP contribution in [-0.4, -0.2) is 51.7 Å². The molecule has 2 N–H and O–H groups in total. The molecule has 1 unspecified atom stereocenters. The molecule has 0 bridgehead atoms. The second kappa shape index (κ2) is 7.53. The zero-order valence-electron chi connectivity index (χ0n) is 15.1. The number of benzene rings is 1. The molecule has 1 aromatic heterocycles. The Morgan fingerprint density at radius 1 is 1.26 bits per heavy atom. The number of hydrogen-bond donors (Lipinski definition) is 1. The molecule has 1 aromatic carbocycles. The number of hydrogen-bond acceptors (Lipinski definition) is 6. The van der Waals surface area contributed by atoms with Crippen LogP contribution in [0, 0.1) is 17.0 Å². The Kier molecular flexibility index (Phi) is 5.33. The molecule has 0 radical (unpaired) electrons. The fourth-order valence-electron chi connectivity index (χ4n) is 3.60. The topological polar surface area (TPSA) is 111 Å². The lowest BCUT2D eigenvalue weighted by Crippen LogP contribution is -2.50. The predicted octanol–water partition coefficient (Wildman–Crippen LogP) is 1.64. The van der Waals surface area contributed by atoms with Crippen molar-refractivity contribution in [2.75, 3.05) is 31.1 Å². The molecule has 1 aliphatic heterocycles. The lowest BCUT2D eigenvalue weighted by Gasteiger charge is -2.38. The van der Waals surface area contributed by atoms with Crippen LogP contribution < -0.4 is 10.6 Å². The van der Waals surface area contributed by atoms with E-state index in [0.717, 1.165) is 5.56 Å². The summed E-state index contributed by atoms with van der Waals surface area (Å²) in [4.78, 5) is 27.0. The van der Waals surface area contributed by atoms with Crippen molar-refractivity contribution < 1.29 is 9.72 Å². The van der Waals surface area contributed by atoms with E-state index in [4.69, 9.17) is 17.3 Å². The molecule has 10 heteroatoms. The van der Waals surface area contributed by atoms with Crippen molar-refractivity contribution in [3.8, 4) is 0 Å². The average molecular weight is 393 g/mol. The van der Waals surface area contributed by atoms with Gasteiger partial charge in [0.25, 0.3) is 0 Å². The Balaban J connectivity index is 1.79. The zero-order valence-corrected chi connectivity index (χ0v) is 15.9. The average Bonchev–Trinajstić information content (AvgIpc) is 2.91. The molecule has 27 heavy (non-hydrogen) atoms. The van der Waals surface area contributed by atoms with Crippen molar-refractivity contribution >= 4 is 29.0 Å². The number of primary amides is 1.